The van der Waals surface area contributed by atoms with Crippen LogP contribution in [0.4, 0.5) is 4.39 Å². The Balaban J connectivity index is 2.48. The molecule has 108 valence electrons. The Hall–Kier alpha value is -0.930. The highest BCUT2D eigenvalue weighted by molar-refractivity contribution is 5.23. The molecule has 0 bridgehead atoms. The smallest absolute Gasteiger partial charge is 0.126 e. The second kappa shape index (κ2) is 9.05. The Morgan fingerprint density at radius 1 is 1.16 bits per heavy atom. The Bertz CT molecular complexity index is 356. The van der Waals surface area contributed by atoms with Crippen molar-refractivity contribution in [1.29, 1.82) is 0 Å². The largest absolute Gasteiger partial charge is 0.392 e. The lowest BCUT2D eigenvalue weighted by atomic mass is 9.90. The maximum Gasteiger partial charge on any atom is 0.126 e. The lowest BCUT2D eigenvalue weighted by Gasteiger charge is -2.22. The fraction of sp³-hybridized carbons (Fsp3) is 0.625. The number of unbranched alkanes of at least 4 members (excludes halogenated alkanes) is 4. The normalized spacial score (nSPS) is 14.3. The number of halogens is 1. The van der Waals surface area contributed by atoms with Gasteiger partial charge in [0.05, 0.1) is 6.10 Å². The molecule has 0 heterocycles. The number of nitrogens with two attached hydrogens (primary N) is 1. The van der Waals surface area contributed by atoms with Gasteiger partial charge in [0, 0.05) is 12.5 Å². The molecule has 0 amide bonds. The molecule has 2 unspecified atom stereocenters. The highest BCUT2D eigenvalue weighted by atomic mass is 19.1. The van der Waals surface area contributed by atoms with Crippen molar-refractivity contribution in [2.75, 3.05) is 6.54 Å². The van der Waals surface area contributed by atoms with Crippen LogP contribution in [-0.2, 0) is 0 Å². The van der Waals surface area contributed by atoms with Crippen LogP contribution >= 0.6 is 0 Å². The van der Waals surface area contributed by atoms with Gasteiger partial charge < -0.3 is 10.8 Å². The van der Waals surface area contributed by atoms with Crippen molar-refractivity contribution in [3.05, 3.63) is 35.6 Å². The van der Waals surface area contributed by atoms with Crippen molar-refractivity contribution in [1.82, 2.24) is 0 Å². The van der Waals surface area contributed by atoms with Gasteiger partial charge in [-0.2, -0.15) is 0 Å². The second-order valence-corrected chi connectivity index (χ2v) is 5.13. The summed E-state index contributed by atoms with van der Waals surface area (Å²) in [5, 5.41) is 10.2. The zero-order chi connectivity index (χ0) is 14.1. The van der Waals surface area contributed by atoms with Crippen LogP contribution in [0.3, 0.4) is 0 Å². The van der Waals surface area contributed by atoms with Crippen molar-refractivity contribution in [3.63, 3.8) is 0 Å². The van der Waals surface area contributed by atoms with Crippen LogP contribution < -0.4 is 5.73 Å². The average Bonchev–Trinajstić information content (AvgIpc) is 2.41. The predicted molar refractivity (Wildman–Crippen MR) is 77.6 cm³/mol. The topological polar surface area (TPSA) is 46.2 Å². The summed E-state index contributed by atoms with van der Waals surface area (Å²) < 4.78 is 13.7. The first kappa shape index (κ1) is 16.1. The van der Waals surface area contributed by atoms with Gasteiger partial charge in [0.1, 0.15) is 5.82 Å². The van der Waals surface area contributed by atoms with Gasteiger partial charge in [0.25, 0.3) is 0 Å². The van der Waals surface area contributed by atoms with E-state index >= 15 is 0 Å². The zero-order valence-electron chi connectivity index (χ0n) is 11.8. The van der Waals surface area contributed by atoms with Gasteiger partial charge in [-0.25, -0.2) is 4.39 Å². The van der Waals surface area contributed by atoms with Gasteiger partial charge >= 0.3 is 0 Å². The Morgan fingerprint density at radius 2 is 1.84 bits per heavy atom. The molecule has 0 spiro atoms. The van der Waals surface area contributed by atoms with Gasteiger partial charge in [-0.05, 0) is 18.1 Å². The summed E-state index contributed by atoms with van der Waals surface area (Å²) in [5.41, 5.74) is 6.23. The van der Waals surface area contributed by atoms with Crippen LogP contribution in [0.2, 0.25) is 0 Å². The molecular formula is C16H26FNO. The van der Waals surface area contributed by atoms with E-state index in [9.17, 15) is 9.50 Å². The van der Waals surface area contributed by atoms with Crippen molar-refractivity contribution < 1.29 is 9.50 Å². The maximum atomic E-state index is 13.7. The van der Waals surface area contributed by atoms with Crippen molar-refractivity contribution in [3.8, 4) is 0 Å². The molecule has 0 aliphatic carbocycles. The predicted octanol–water partition coefficient (Wildman–Crippen LogP) is 3.59. The molecule has 2 atom stereocenters. The summed E-state index contributed by atoms with van der Waals surface area (Å²) in [6, 6.07) is 6.58. The van der Waals surface area contributed by atoms with Gasteiger partial charge in [0.2, 0.25) is 0 Å². The number of hydrogen-bond acceptors (Lipinski definition) is 2. The van der Waals surface area contributed by atoms with Crippen LogP contribution in [0, 0.1) is 5.82 Å². The van der Waals surface area contributed by atoms with Crippen molar-refractivity contribution in [2.24, 2.45) is 5.73 Å². The van der Waals surface area contributed by atoms with Crippen LogP contribution in [0.1, 0.15) is 56.9 Å². The van der Waals surface area contributed by atoms with E-state index in [1.807, 2.05) is 0 Å². The Morgan fingerprint density at radius 3 is 2.47 bits per heavy atom. The molecule has 3 N–H and O–H groups in total. The summed E-state index contributed by atoms with van der Waals surface area (Å²) in [7, 11) is 0. The van der Waals surface area contributed by atoms with Gasteiger partial charge in [-0.3, -0.25) is 0 Å². The third-order valence-corrected chi connectivity index (χ3v) is 3.63. The molecule has 0 aliphatic rings. The first-order valence-corrected chi connectivity index (χ1v) is 7.33. The molecule has 1 rings (SSSR count). The van der Waals surface area contributed by atoms with E-state index in [1.54, 1.807) is 18.2 Å². The van der Waals surface area contributed by atoms with Crippen LogP contribution in [0.5, 0.6) is 0 Å². The van der Waals surface area contributed by atoms with Gasteiger partial charge in [-0.15, -0.1) is 0 Å². The second-order valence-electron chi connectivity index (χ2n) is 5.13. The molecule has 0 aliphatic heterocycles. The fourth-order valence-corrected chi connectivity index (χ4v) is 2.43. The lowest BCUT2D eigenvalue weighted by Crippen LogP contribution is -2.26. The van der Waals surface area contributed by atoms with Crippen LogP contribution in [0.25, 0.3) is 0 Å². The third kappa shape index (κ3) is 5.29. The Labute approximate surface area is 115 Å². The molecule has 19 heavy (non-hydrogen) atoms. The molecular weight excluding hydrogens is 241 g/mol. The van der Waals surface area contributed by atoms with E-state index in [-0.39, 0.29) is 18.3 Å². The van der Waals surface area contributed by atoms with E-state index in [1.165, 1.54) is 25.3 Å². The van der Waals surface area contributed by atoms with Gasteiger partial charge in [0.15, 0.2) is 0 Å². The van der Waals surface area contributed by atoms with Crippen LogP contribution in [-0.4, -0.2) is 17.8 Å². The fourth-order valence-electron chi connectivity index (χ4n) is 2.43. The Kier molecular flexibility index (Phi) is 7.68. The molecule has 0 saturated carbocycles. The molecule has 1 aromatic carbocycles. The monoisotopic (exact) mass is 267 g/mol. The number of rotatable bonds is 9. The maximum absolute atomic E-state index is 13.7. The first-order valence-electron chi connectivity index (χ1n) is 7.33. The summed E-state index contributed by atoms with van der Waals surface area (Å²) >= 11 is 0. The summed E-state index contributed by atoms with van der Waals surface area (Å²) in [6.45, 7) is 2.45. The molecule has 0 fully saturated rings. The average molecular weight is 267 g/mol. The standard InChI is InChI=1S/C16H26FNO/c1-2-3-4-5-6-11-16(19)14(12-18)13-9-7-8-10-15(13)17/h7-10,14,16,19H,2-6,11-12,18H2,1H3. The minimum absolute atomic E-state index is 0.275. The van der Waals surface area contributed by atoms with Crippen molar-refractivity contribution >= 4 is 0 Å². The first-order chi connectivity index (χ1) is 9.20. The molecule has 3 heteroatoms. The molecule has 1 aromatic rings. The molecule has 0 radical (unpaired) electrons. The molecule has 0 saturated heterocycles. The van der Waals surface area contributed by atoms with E-state index in [0.29, 0.717) is 12.0 Å². The number of benzene rings is 1. The minimum Gasteiger partial charge on any atom is -0.392 e. The lowest BCUT2D eigenvalue weighted by molar-refractivity contribution is 0.131. The number of aliphatic hydroxyl groups is 1. The number of aliphatic hydroxyl groups excluding tert-OH is 1. The number of hydrogen-bond donors (Lipinski definition) is 2. The van der Waals surface area contributed by atoms with Crippen molar-refractivity contribution in [2.45, 2.75) is 57.5 Å². The molecule has 0 aromatic heterocycles. The van der Waals surface area contributed by atoms with Crippen LogP contribution in [0.15, 0.2) is 24.3 Å². The summed E-state index contributed by atoms with van der Waals surface area (Å²) in [4.78, 5) is 0. The SMILES string of the molecule is CCCCCCCC(O)C(CN)c1ccccc1F. The zero-order valence-corrected chi connectivity index (χ0v) is 11.8. The highest BCUT2D eigenvalue weighted by Crippen LogP contribution is 2.24. The highest BCUT2D eigenvalue weighted by Gasteiger charge is 2.21. The van der Waals surface area contributed by atoms with E-state index in [0.717, 1.165) is 12.8 Å². The minimum atomic E-state index is -0.552. The van der Waals surface area contributed by atoms with E-state index < -0.39 is 6.10 Å². The molecule has 2 nitrogen and oxygen atoms in total. The quantitative estimate of drug-likeness (QED) is 0.672. The van der Waals surface area contributed by atoms with E-state index in [4.69, 9.17) is 5.73 Å². The van der Waals surface area contributed by atoms with Gasteiger partial charge in [-0.1, -0.05) is 57.2 Å². The van der Waals surface area contributed by atoms with E-state index in [2.05, 4.69) is 6.92 Å². The third-order valence-electron chi connectivity index (χ3n) is 3.63. The summed E-state index contributed by atoms with van der Waals surface area (Å²) in [6.07, 6.45) is 5.90. The summed E-state index contributed by atoms with van der Waals surface area (Å²) in [5.74, 6) is -0.574.